The summed E-state index contributed by atoms with van der Waals surface area (Å²) in [5.74, 6) is 0.903. The largest absolute Gasteiger partial charge is 0.488 e. The van der Waals surface area contributed by atoms with Crippen molar-refractivity contribution in [3.63, 3.8) is 0 Å². The van der Waals surface area contributed by atoms with E-state index < -0.39 is 0 Å². The van der Waals surface area contributed by atoms with Crippen LogP contribution in [0.1, 0.15) is 23.8 Å². The molecule has 4 rings (SSSR count). The lowest BCUT2D eigenvalue weighted by Crippen LogP contribution is -2.09. The van der Waals surface area contributed by atoms with Gasteiger partial charge < -0.3 is 15.4 Å². The molecule has 0 saturated heterocycles. The molecule has 4 aromatic rings. The van der Waals surface area contributed by atoms with Crippen LogP contribution in [0.4, 0.5) is 11.4 Å². The minimum Gasteiger partial charge on any atom is -0.488 e. The summed E-state index contributed by atoms with van der Waals surface area (Å²) in [5.41, 5.74) is 2.92. The molecule has 5 heteroatoms. The number of ether oxygens (including phenoxy) is 1. The van der Waals surface area contributed by atoms with Crippen LogP contribution in [0.3, 0.4) is 0 Å². The molecule has 152 valence electrons. The van der Waals surface area contributed by atoms with E-state index in [1.807, 2.05) is 37.3 Å². The minimum atomic E-state index is 0.0130. The van der Waals surface area contributed by atoms with Crippen LogP contribution < -0.4 is 15.4 Å². The molecule has 0 atom stereocenters. The first kappa shape index (κ1) is 20.0. The molecule has 0 aliphatic carbocycles. The maximum atomic E-state index is 11.5. The highest BCUT2D eigenvalue weighted by molar-refractivity contribution is 7.09. The third kappa shape index (κ3) is 4.81. The zero-order valence-electron chi connectivity index (χ0n) is 16.9. The van der Waals surface area contributed by atoms with Gasteiger partial charge in [0.15, 0.2) is 0 Å². The van der Waals surface area contributed by atoms with Gasteiger partial charge in [0, 0.05) is 34.8 Å². The quantitative estimate of drug-likeness (QED) is 0.347. The summed E-state index contributed by atoms with van der Waals surface area (Å²) in [6, 6.07) is 24.4. The Morgan fingerprint density at radius 1 is 0.933 bits per heavy atom. The van der Waals surface area contributed by atoms with Crippen LogP contribution in [0.2, 0.25) is 0 Å². The Morgan fingerprint density at radius 3 is 2.50 bits per heavy atom. The number of thiophene rings is 1. The highest BCUT2D eigenvalue weighted by Gasteiger charge is 2.10. The Morgan fingerprint density at radius 2 is 1.73 bits per heavy atom. The Kier molecular flexibility index (Phi) is 6.30. The predicted molar refractivity (Wildman–Crippen MR) is 125 cm³/mol. The lowest BCUT2D eigenvalue weighted by molar-refractivity contribution is -0.115. The predicted octanol–water partition coefficient (Wildman–Crippen LogP) is 6.44. The SMILES string of the molecule is CCC(=O)Nc1ccc(NCc2c(OCc3cccs3)ccc3ccccc23)cc1. The molecule has 0 radical (unpaired) electrons. The number of carbonyl (C=O) groups excluding carboxylic acids is 1. The number of hydrogen-bond donors (Lipinski definition) is 2. The lowest BCUT2D eigenvalue weighted by atomic mass is 10.0. The molecule has 3 aromatic carbocycles. The maximum absolute atomic E-state index is 11.5. The number of fused-ring (bicyclic) bond motifs is 1. The van der Waals surface area contributed by atoms with Crippen LogP contribution >= 0.6 is 11.3 Å². The Hall–Kier alpha value is -3.31. The fourth-order valence-electron chi connectivity index (χ4n) is 3.29. The van der Waals surface area contributed by atoms with Crippen molar-refractivity contribution in [2.75, 3.05) is 10.6 Å². The molecule has 1 heterocycles. The standard InChI is InChI=1S/C25H24N2O2S/c1-2-25(28)27-20-12-10-19(11-13-20)26-16-23-22-8-4-3-6-18(22)9-14-24(23)29-17-21-7-5-15-30-21/h3-15,26H,2,16-17H2,1H3,(H,27,28). The third-order valence-corrected chi connectivity index (χ3v) is 5.76. The van der Waals surface area contributed by atoms with Crippen molar-refractivity contribution in [2.24, 2.45) is 0 Å². The van der Waals surface area contributed by atoms with Crippen molar-refractivity contribution in [1.29, 1.82) is 0 Å². The van der Waals surface area contributed by atoms with Crippen LogP contribution in [0, 0.1) is 0 Å². The van der Waals surface area contributed by atoms with Crippen LogP contribution in [-0.4, -0.2) is 5.91 Å². The summed E-state index contributed by atoms with van der Waals surface area (Å²) in [4.78, 5) is 12.7. The van der Waals surface area contributed by atoms with E-state index >= 15 is 0 Å². The summed E-state index contributed by atoms with van der Waals surface area (Å²) in [6.45, 7) is 3.05. The van der Waals surface area contributed by atoms with Gasteiger partial charge in [0.05, 0.1) is 0 Å². The monoisotopic (exact) mass is 416 g/mol. The molecule has 0 aliphatic heterocycles. The van der Waals surface area contributed by atoms with E-state index in [2.05, 4.69) is 58.5 Å². The Balaban J connectivity index is 1.53. The van der Waals surface area contributed by atoms with Gasteiger partial charge in [0.25, 0.3) is 0 Å². The van der Waals surface area contributed by atoms with Crippen molar-refractivity contribution >= 4 is 39.4 Å². The van der Waals surface area contributed by atoms with Crippen molar-refractivity contribution in [3.05, 3.63) is 88.6 Å². The second-order valence-corrected chi connectivity index (χ2v) is 8.00. The fourth-order valence-corrected chi connectivity index (χ4v) is 3.90. The van der Waals surface area contributed by atoms with E-state index in [1.54, 1.807) is 11.3 Å². The molecule has 0 aliphatic rings. The molecule has 0 fully saturated rings. The zero-order chi connectivity index (χ0) is 20.8. The first-order chi connectivity index (χ1) is 14.7. The molecule has 0 saturated carbocycles. The van der Waals surface area contributed by atoms with Crippen molar-refractivity contribution in [2.45, 2.75) is 26.5 Å². The summed E-state index contributed by atoms with van der Waals surface area (Å²) in [6.07, 6.45) is 0.468. The van der Waals surface area contributed by atoms with Crippen LogP contribution in [-0.2, 0) is 17.9 Å². The number of nitrogens with one attached hydrogen (secondary N) is 2. The van der Waals surface area contributed by atoms with Gasteiger partial charge in [-0.2, -0.15) is 0 Å². The maximum Gasteiger partial charge on any atom is 0.224 e. The average Bonchev–Trinajstić information content (AvgIpc) is 3.31. The molecule has 0 spiro atoms. The van der Waals surface area contributed by atoms with Gasteiger partial charge in [0.1, 0.15) is 12.4 Å². The summed E-state index contributed by atoms with van der Waals surface area (Å²) in [7, 11) is 0. The third-order valence-electron chi connectivity index (χ3n) is 4.91. The van der Waals surface area contributed by atoms with Gasteiger partial charge in [0.2, 0.25) is 5.91 Å². The molecule has 4 nitrogen and oxygen atoms in total. The topological polar surface area (TPSA) is 50.4 Å². The van der Waals surface area contributed by atoms with Gasteiger partial charge in [-0.1, -0.05) is 43.3 Å². The van der Waals surface area contributed by atoms with E-state index in [0.717, 1.165) is 22.7 Å². The summed E-state index contributed by atoms with van der Waals surface area (Å²) >= 11 is 1.70. The van der Waals surface area contributed by atoms with E-state index in [9.17, 15) is 4.79 Å². The van der Waals surface area contributed by atoms with E-state index in [-0.39, 0.29) is 5.91 Å². The second kappa shape index (κ2) is 9.46. The van der Waals surface area contributed by atoms with Crippen molar-refractivity contribution < 1.29 is 9.53 Å². The Labute approximate surface area is 180 Å². The van der Waals surface area contributed by atoms with Crippen LogP contribution in [0.15, 0.2) is 78.2 Å². The summed E-state index contributed by atoms with van der Waals surface area (Å²) < 4.78 is 6.18. The number of rotatable bonds is 8. The number of amides is 1. The number of hydrogen-bond acceptors (Lipinski definition) is 4. The molecule has 2 N–H and O–H groups in total. The summed E-state index contributed by atoms with van der Waals surface area (Å²) in [5, 5.41) is 10.8. The van der Waals surface area contributed by atoms with Gasteiger partial charge in [-0.15, -0.1) is 11.3 Å². The zero-order valence-corrected chi connectivity index (χ0v) is 17.7. The first-order valence-corrected chi connectivity index (χ1v) is 10.9. The Bertz CT molecular complexity index is 1120. The number of anilines is 2. The molecule has 1 amide bonds. The number of benzene rings is 3. The van der Waals surface area contributed by atoms with Crippen molar-refractivity contribution in [1.82, 2.24) is 0 Å². The van der Waals surface area contributed by atoms with Gasteiger partial charge >= 0.3 is 0 Å². The molecule has 0 bridgehead atoms. The lowest BCUT2D eigenvalue weighted by Gasteiger charge is -2.16. The average molecular weight is 417 g/mol. The minimum absolute atomic E-state index is 0.0130. The van der Waals surface area contributed by atoms with Crippen LogP contribution in [0.25, 0.3) is 10.8 Å². The van der Waals surface area contributed by atoms with Crippen molar-refractivity contribution in [3.8, 4) is 5.75 Å². The molecule has 1 aromatic heterocycles. The van der Waals surface area contributed by atoms with E-state index in [1.165, 1.54) is 15.6 Å². The molecular weight excluding hydrogens is 392 g/mol. The number of carbonyl (C=O) groups is 1. The molecular formula is C25H24N2O2S. The first-order valence-electron chi connectivity index (χ1n) is 10.0. The molecule has 0 unspecified atom stereocenters. The van der Waals surface area contributed by atoms with E-state index in [4.69, 9.17) is 4.74 Å². The smallest absolute Gasteiger partial charge is 0.224 e. The highest BCUT2D eigenvalue weighted by atomic mass is 32.1. The van der Waals surface area contributed by atoms with Gasteiger partial charge in [-0.25, -0.2) is 0 Å². The fraction of sp³-hybridized carbons (Fsp3) is 0.160. The highest BCUT2D eigenvalue weighted by Crippen LogP contribution is 2.30. The second-order valence-electron chi connectivity index (χ2n) is 6.96. The van der Waals surface area contributed by atoms with Crippen LogP contribution in [0.5, 0.6) is 5.75 Å². The molecule has 30 heavy (non-hydrogen) atoms. The van der Waals surface area contributed by atoms with Gasteiger partial charge in [-0.3, -0.25) is 4.79 Å². The van der Waals surface area contributed by atoms with Gasteiger partial charge in [-0.05, 0) is 52.6 Å². The van der Waals surface area contributed by atoms with E-state index in [0.29, 0.717) is 19.6 Å². The normalized spacial score (nSPS) is 10.7.